The Morgan fingerprint density at radius 1 is 1.10 bits per heavy atom. The molecule has 0 saturated carbocycles. The van der Waals surface area contributed by atoms with E-state index in [1.54, 1.807) is 35.6 Å². The van der Waals surface area contributed by atoms with Gasteiger partial charge in [0, 0.05) is 22.2 Å². The minimum Gasteiger partial charge on any atom is -0.459 e. The van der Waals surface area contributed by atoms with Crippen molar-refractivity contribution in [1.82, 2.24) is 4.98 Å². The second-order valence-electron chi connectivity index (χ2n) is 6.63. The molecule has 0 unspecified atom stereocenters. The zero-order valence-corrected chi connectivity index (χ0v) is 17.7. The van der Waals surface area contributed by atoms with Crippen LogP contribution in [0.3, 0.4) is 0 Å². The first-order chi connectivity index (χ1) is 14.4. The van der Waals surface area contributed by atoms with Gasteiger partial charge in [0.2, 0.25) is 0 Å². The van der Waals surface area contributed by atoms with Crippen LogP contribution in [0.15, 0.2) is 81.6 Å². The molecule has 0 radical (unpaired) electrons. The zero-order valence-electron chi connectivity index (χ0n) is 16.0. The van der Waals surface area contributed by atoms with Gasteiger partial charge in [-0.3, -0.25) is 4.79 Å². The van der Waals surface area contributed by atoms with Crippen LogP contribution >= 0.6 is 11.3 Å². The molecule has 30 heavy (non-hydrogen) atoms. The van der Waals surface area contributed by atoms with Crippen molar-refractivity contribution in [3.8, 4) is 11.3 Å². The third-order valence-electron chi connectivity index (χ3n) is 4.44. The van der Waals surface area contributed by atoms with Crippen LogP contribution in [0.5, 0.6) is 0 Å². The van der Waals surface area contributed by atoms with E-state index in [1.165, 1.54) is 24.5 Å². The second-order valence-corrected chi connectivity index (χ2v) is 9.69. The van der Waals surface area contributed by atoms with E-state index in [1.807, 2.05) is 30.5 Å². The van der Waals surface area contributed by atoms with Crippen molar-refractivity contribution < 1.29 is 17.6 Å². The van der Waals surface area contributed by atoms with Gasteiger partial charge in [0.15, 0.2) is 15.6 Å². The highest BCUT2D eigenvalue weighted by atomic mass is 32.2. The van der Waals surface area contributed by atoms with Gasteiger partial charge in [0.1, 0.15) is 0 Å². The van der Waals surface area contributed by atoms with Crippen molar-refractivity contribution in [3.63, 3.8) is 0 Å². The van der Waals surface area contributed by atoms with Crippen LogP contribution in [0, 0.1) is 6.92 Å². The molecular weight excluding hydrogens is 420 g/mol. The zero-order chi connectivity index (χ0) is 21.1. The highest BCUT2D eigenvalue weighted by molar-refractivity contribution is 7.90. The Kier molecular flexibility index (Phi) is 5.52. The number of carbonyl (C=O) groups is 1. The quantitative estimate of drug-likeness (QED) is 0.461. The van der Waals surface area contributed by atoms with Crippen molar-refractivity contribution in [2.24, 2.45) is 0 Å². The maximum atomic E-state index is 12.8. The van der Waals surface area contributed by atoms with Gasteiger partial charge in [-0.25, -0.2) is 13.4 Å². The number of amides is 1. The van der Waals surface area contributed by atoms with Crippen LogP contribution in [-0.4, -0.2) is 19.3 Å². The lowest BCUT2D eigenvalue weighted by molar-refractivity contribution is 0.0996. The maximum Gasteiger partial charge on any atom is 0.291 e. The molecule has 0 atom stereocenters. The van der Waals surface area contributed by atoms with Gasteiger partial charge in [0.05, 0.1) is 27.6 Å². The monoisotopic (exact) mass is 438 g/mol. The molecule has 0 saturated heterocycles. The summed E-state index contributed by atoms with van der Waals surface area (Å²) < 4.78 is 30.6. The number of anilines is 1. The molecule has 4 rings (SSSR count). The number of aryl methyl sites for hydroxylation is 1. The highest BCUT2D eigenvalue weighted by Gasteiger charge is 2.22. The fourth-order valence-electron chi connectivity index (χ4n) is 3.00. The predicted octanol–water partition coefficient (Wildman–Crippen LogP) is 4.94. The molecule has 0 aliphatic rings. The summed E-state index contributed by atoms with van der Waals surface area (Å²) in [4.78, 5) is 17.4. The van der Waals surface area contributed by atoms with Crippen LogP contribution in [-0.2, 0) is 15.6 Å². The molecule has 8 heteroatoms. The smallest absolute Gasteiger partial charge is 0.291 e. The summed E-state index contributed by atoms with van der Waals surface area (Å²) in [6.07, 6.45) is 1.32. The van der Waals surface area contributed by atoms with Crippen molar-refractivity contribution >= 4 is 32.8 Å². The Bertz CT molecular complexity index is 1290. The fourth-order valence-corrected chi connectivity index (χ4v) is 5.00. The lowest BCUT2D eigenvalue weighted by Gasteiger charge is -2.07. The Morgan fingerprint density at radius 3 is 2.63 bits per heavy atom. The number of sulfone groups is 1. The van der Waals surface area contributed by atoms with E-state index in [9.17, 15) is 13.2 Å². The molecule has 0 spiro atoms. The molecule has 1 N–H and O–H groups in total. The molecule has 152 valence electrons. The van der Waals surface area contributed by atoms with Gasteiger partial charge in [-0.1, -0.05) is 30.3 Å². The number of rotatable bonds is 6. The first-order valence-electron chi connectivity index (χ1n) is 9.10. The van der Waals surface area contributed by atoms with Gasteiger partial charge >= 0.3 is 0 Å². The van der Waals surface area contributed by atoms with Gasteiger partial charge < -0.3 is 9.73 Å². The molecule has 0 bridgehead atoms. The van der Waals surface area contributed by atoms with Crippen molar-refractivity contribution in [3.05, 3.63) is 88.6 Å². The molecule has 4 aromatic rings. The first-order valence-corrected chi connectivity index (χ1v) is 11.6. The number of hydrogen-bond acceptors (Lipinski definition) is 6. The van der Waals surface area contributed by atoms with Gasteiger partial charge in [-0.2, -0.15) is 0 Å². The number of furan rings is 1. The van der Waals surface area contributed by atoms with Crippen LogP contribution in [0.4, 0.5) is 5.69 Å². The Morgan fingerprint density at radius 2 is 1.90 bits per heavy atom. The first kappa shape index (κ1) is 20.1. The number of carbonyl (C=O) groups excluding carboxylic acids is 1. The van der Waals surface area contributed by atoms with Gasteiger partial charge in [-0.05, 0) is 37.3 Å². The molecule has 2 aromatic heterocycles. The number of aromatic nitrogens is 1. The lowest BCUT2D eigenvalue weighted by Crippen LogP contribution is -2.14. The van der Waals surface area contributed by atoms with E-state index in [-0.39, 0.29) is 16.4 Å². The fraction of sp³-hybridized carbons (Fsp3) is 0.0909. The molecular formula is C22H18N2O4S2. The molecule has 1 amide bonds. The topological polar surface area (TPSA) is 89.3 Å². The minimum atomic E-state index is -3.60. The number of hydrogen-bond donors (Lipinski definition) is 1. The van der Waals surface area contributed by atoms with Crippen molar-refractivity contribution in [2.75, 3.05) is 5.32 Å². The molecule has 2 heterocycles. The molecule has 0 aliphatic carbocycles. The van der Waals surface area contributed by atoms with Crippen molar-refractivity contribution in [1.29, 1.82) is 0 Å². The van der Waals surface area contributed by atoms with Crippen LogP contribution in [0.25, 0.3) is 11.3 Å². The largest absolute Gasteiger partial charge is 0.459 e. The van der Waals surface area contributed by atoms with E-state index >= 15 is 0 Å². The minimum absolute atomic E-state index is 0.0237. The van der Waals surface area contributed by atoms with E-state index < -0.39 is 15.7 Å². The summed E-state index contributed by atoms with van der Waals surface area (Å²) in [6, 6.07) is 16.9. The maximum absolute atomic E-state index is 12.8. The third-order valence-corrected chi connectivity index (χ3v) is 6.89. The average molecular weight is 439 g/mol. The van der Waals surface area contributed by atoms with Crippen LogP contribution in [0.1, 0.15) is 21.1 Å². The highest BCUT2D eigenvalue weighted by Crippen LogP contribution is 2.25. The predicted molar refractivity (Wildman–Crippen MR) is 116 cm³/mol. The molecule has 2 aromatic carbocycles. The molecule has 0 fully saturated rings. The van der Waals surface area contributed by atoms with Crippen LogP contribution < -0.4 is 5.32 Å². The SMILES string of the molecule is Cc1nc(-c2cccc(NC(=O)c3occc3CS(=O)(=O)c3ccccc3)c2)cs1. The van der Waals surface area contributed by atoms with E-state index in [4.69, 9.17) is 4.42 Å². The van der Waals surface area contributed by atoms with Crippen molar-refractivity contribution in [2.45, 2.75) is 17.6 Å². The third kappa shape index (κ3) is 4.34. The van der Waals surface area contributed by atoms with Gasteiger partial charge in [0.25, 0.3) is 5.91 Å². The Balaban J connectivity index is 1.54. The summed E-state index contributed by atoms with van der Waals surface area (Å²) in [6.45, 7) is 1.93. The standard InChI is InChI=1S/C22H18N2O4S2/c1-15-23-20(13-29-15)16-6-5-7-18(12-16)24-22(25)21-17(10-11-28-21)14-30(26,27)19-8-3-2-4-9-19/h2-13H,14H2,1H3,(H,24,25). The Hall–Kier alpha value is -3.23. The summed E-state index contributed by atoms with van der Waals surface area (Å²) in [5.41, 5.74) is 2.59. The van der Waals surface area contributed by atoms with Gasteiger partial charge in [-0.15, -0.1) is 11.3 Å². The second kappa shape index (κ2) is 8.25. The number of thiazole rings is 1. The summed E-state index contributed by atoms with van der Waals surface area (Å²) in [7, 11) is -3.60. The summed E-state index contributed by atoms with van der Waals surface area (Å²) in [5, 5.41) is 5.69. The van der Waals surface area contributed by atoms with Crippen LogP contribution in [0.2, 0.25) is 0 Å². The van der Waals surface area contributed by atoms with E-state index in [2.05, 4.69) is 10.3 Å². The normalized spacial score (nSPS) is 11.4. The van der Waals surface area contributed by atoms with E-state index in [0.717, 1.165) is 16.3 Å². The molecule has 6 nitrogen and oxygen atoms in total. The summed E-state index contributed by atoms with van der Waals surface area (Å²) >= 11 is 1.55. The number of benzene rings is 2. The number of nitrogens with zero attached hydrogens (tertiary/aromatic N) is 1. The number of nitrogens with one attached hydrogen (secondary N) is 1. The average Bonchev–Trinajstić information content (AvgIpc) is 3.37. The molecule has 0 aliphatic heterocycles. The van der Waals surface area contributed by atoms with E-state index in [0.29, 0.717) is 11.3 Å². The summed E-state index contributed by atoms with van der Waals surface area (Å²) in [5.74, 6) is -0.858. The Labute approximate surface area is 178 Å². The lowest BCUT2D eigenvalue weighted by atomic mass is 10.1.